The van der Waals surface area contributed by atoms with Crippen molar-refractivity contribution in [2.45, 2.75) is 5.71 Å². The second-order valence-corrected chi connectivity index (χ2v) is 3.58. The molecule has 0 aromatic carbocycles. The molecule has 0 amide bonds. The van der Waals surface area contributed by atoms with E-state index in [1.165, 1.54) is 0 Å². The van der Waals surface area contributed by atoms with Crippen LogP contribution in [0.1, 0.15) is 0 Å². The molecule has 0 unspecified atom stereocenters. The first-order chi connectivity index (χ1) is 4.34. The topological polar surface area (TPSA) is 25.8 Å². The van der Waals surface area contributed by atoms with Gasteiger partial charge in [0.05, 0.1) is 0 Å². The first kappa shape index (κ1) is 7.04. The molecule has 9 heavy (non-hydrogen) atoms. The van der Waals surface area contributed by atoms with E-state index in [9.17, 15) is 0 Å². The van der Waals surface area contributed by atoms with Crippen molar-refractivity contribution >= 4 is 31.8 Å². The van der Waals surface area contributed by atoms with Crippen molar-refractivity contribution in [3.63, 3.8) is 0 Å². The van der Waals surface area contributed by atoms with E-state index in [4.69, 9.17) is 11.6 Å². The number of aromatic nitrogens is 2. The van der Waals surface area contributed by atoms with Crippen LogP contribution in [0.4, 0.5) is 0 Å². The van der Waals surface area contributed by atoms with Gasteiger partial charge in [0.15, 0.2) is 0 Å². The van der Waals surface area contributed by atoms with E-state index < -0.39 is 0 Å². The third-order valence-electron chi connectivity index (χ3n) is 0.848. The molecule has 1 heterocycles. The molecule has 47 valence electrons. The van der Waals surface area contributed by atoms with Gasteiger partial charge < -0.3 is 0 Å². The molecule has 0 spiro atoms. The van der Waals surface area contributed by atoms with Crippen molar-refractivity contribution in [2.75, 3.05) is 0 Å². The minimum absolute atomic E-state index is 0.109. The standard InChI is InChI=1S/C5H5AsClN2/c1-6-4-5(7)9-3-2-8-4/h2-3H,1H3. The Bertz CT molecular complexity index is 204. The molecular formula is C5H5AsClN2. The van der Waals surface area contributed by atoms with Crippen LogP contribution >= 0.6 is 11.6 Å². The van der Waals surface area contributed by atoms with E-state index in [2.05, 4.69) is 15.7 Å². The van der Waals surface area contributed by atoms with Crippen molar-refractivity contribution in [1.29, 1.82) is 0 Å². The predicted octanol–water partition coefficient (Wildman–Crippen LogP) is 0.508. The fraction of sp³-hybridized carbons (Fsp3) is 0.200. The molecule has 0 aliphatic carbocycles. The second-order valence-electron chi connectivity index (χ2n) is 1.39. The average molecular weight is 203 g/mol. The zero-order chi connectivity index (χ0) is 6.69. The molecule has 0 aliphatic rings. The van der Waals surface area contributed by atoms with Crippen molar-refractivity contribution in [2.24, 2.45) is 0 Å². The summed E-state index contributed by atoms with van der Waals surface area (Å²) in [6, 6.07) is 0. The zero-order valence-corrected chi connectivity index (χ0v) is 7.51. The van der Waals surface area contributed by atoms with Crippen LogP contribution in [0.15, 0.2) is 12.4 Å². The minimum atomic E-state index is 0.109. The summed E-state index contributed by atoms with van der Waals surface area (Å²) in [5.74, 6) is 0. The van der Waals surface area contributed by atoms with E-state index in [0.717, 1.165) is 4.48 Å². The summed E-state index contributed by atoms with van der Waals surface area (Å²) >= 11 is 5.78. The molecule has 0 aliphatic heterocycles. The monoisotopic (exact) mass is 203 g/mol. The Morgan fingerprint density at radius 1 is 1.44 bits per heavy atom. The molecule has 0 saturated carbocycles. The van der Waals surface area contributed by atoms with Gasteiger partial charge in [-0.1, -0.05) is 0 Å². The molecule has 0 atom stereocenters. The summed E-state index contributed by atoms with van der Waals surface area (Å²) < 4.78 is 0.954. The van der Waals surface area contributed by atoms with Crippen molar-refractivity contribution in [1.82, 2.24) is 9.97 Å². The number of halogens is 1. The summed E-state index contributed by atoms with van der Waals surface area (Å²) in [6.07, 6.45) is 3.27. The Morgan fingerprint density at radius 2 is 2.11 bits per heavy atom. The van der Waals surface area contributed by atoms with Crippen LogP contribution in [0.3, 0.4) is 0 Å². The van der Waals surface area contributed by atoms with Crippen LogP contribution in [0, 0.1) is 0 Å². The molecule has 0 saturated heterocycles. The molecule has 0 fully saturated rings. The Labute approximate surface area is 65.3 Å². The van der Waals surface area contributed by atoms with Crippen LogP contribution in [-0.2, 0) is 0 Å². The van der Waals surface area contributed by atoms with Gasteiger partial charge in [0.2, 0.25) is 0 Å². The third kappa shape index (κ3) is 1.67. The van der Waals surface area contributed by atoms with Gasteiger partial charge in [0, 0.05) is 0 Å². The average Bonchev–Trinajstić information content (AvgIpc) is 1.89. The predicted molar refractivity (Wildman–Crippen MR) is 38.3 cm³/mol. The molecule has 1 radical (unpaired) electrons. The first-order valence-electron chi connectivity index (χ1n) is 2.41. The summed E-state index contributed by atoms with van der Waals surface area (Å²) in [4.78, 5) is 7.92. The third-order valence-corrected chi connectivity index (χ3v) is 2.99. The van der Waals surface area contributed by atoms with Crippen LogP contribution < -0.4 is 4.48 Å². The number of hydrogen-bond donors (Lipinski definition) is 0. The SMILES string of the molecule is C[As]c1nccnc1Cl. The molecule has 0 N–H and O–H groups in total. The van der Waals surface area contributed by atoms with Gasteiger partial charge in [-0.05, 0) is 0 Å². The van der Waals surface area contributed by atoms with E-state index in [0.29, 0.717) is 5.15 Å². The van der Waals surface area contributed by atoms with Gasteiger partial charge in [-0.3, -0.25) is 0 Å². The Hall–Kier alpha value is -0.0716. The van der Waals surface area contributed by atoms with E-state index >= 15 is 0 Å². The van der Waals surface area contributed by atoms with Crippen LogP contribution in [0.2, 0.25) is 10.9 Å². The van der Waals surface area contributed by atoms with Gasteiger partial charge in [0.25, 0.3) is 0 Å². The van der Waals surface area contributed by atoms with E-state index in [1.54, 1.807) is 12.4 Å². The maximum absolute atomic E-state index is 5.67. The molecular weight excluding hydrogens is 198 g/mol. The number of nitrogens with zero attached hydrogens (tertiary/aromatic N) is 2. The molecule has 1 rings (SSSR count). The van der Waals surface area contributed by atoms with Crippen LogP contribution in [0.5, 0.6) is 0 Å². The molecule has 0 bridgehead atoms. The number of hydrogen-bond acceptors (Lipinski definition) is 2. The van der Waals surface area contributed by atoms with Gasteiger partial charge in [-0.25, -0.2) is 0 Å². The Balaban J connectivity index is 3.01. The molecule has 1 aromatic rings. The molecule has 2 nitrogen and oxygen atoms in total. The zero-order valence-electron chi connectivity index (χ0n) is 4.87. The van der Waals surface area contributed by atoms with E-state index in [-0.39, 0.29) is 15.8 Å². The summed E-state index contributed by atoms with van der Waals surface area (Å²) in [5.41, 5.74) is 2.09. The quantitative estimate of drug-likeness (QED) is 0.622. The van der Waals surface area contributed by atoms with Gasteiger partial charge in [0.1, 0.15) is 0 Å². The summed E-state index contributed by atoms with van der Waals surface area (Å²) in [7, 11) is 0. The second kappa shape index (κ2) is 3.19. The van der Waals surface area contributed by atoms with Gasteiger partial charge >= 0.3 is 65.1 Å². The fourth-order valence-electron chi connectivity index (χ4n) is 0.464. The maximum atomic E-state index is 5.67. The summed E-state index contributed by atoms with van der Waals surface area (Å²) in [5, 5.41) is 0.556. The fourth-order valence-corrected chi connectivity index (χ4v) is 1.90. The van der Waals surface area contributed by atoms with Crippen molar-refractivity contribution in [3.05, 3.63) is 17.5 Å². The van der Waals surface area contributed by atoms with Gasteiger partial charge in [-0.2, -0.15) is 0 Å². The van der Waals surface area contributed by atoms with E-state index in [1.807, 2.05) is 0 Å². The van der Waals surface area contributed by atoms with Crippen LogP contribution in [-0.4, -0.2) is 25.7 Å². The molecule has 1 aromatic heterocycles. The normalized spacial score (nSPS) is 10.9. The Kier molecular flexibility index (Phi) is 2.49. The molecule has 4 heteroatoms. The van der Waals surface area contributed by atoms with Crippen molar-refractivity contribution < 1.29 is 0 Å². The summed E-state index contributed by atoms with van der Waals surface area (Å²) in [6.45, 7) is 0. The first-order valence-corrected chi connectivity index (χ1v) is 5.60. The van der Waals surface area contributed by atoms with Crippen molar-refractivity contribution in [3.8, 4) is 0 Å². The Morgan fingerprint density at radius 3 is 2.56 bits per heavy atom. The van der Waals surface area contributed by atoms with Gasteiger partial charge in [-0.15, -0.1) is 0 Å². The number of rotatable bonds is 1. The van der Waals surface area contributed by atoms with Crippen LogP contribution in [0.25, 0.3) is 0 Å².